The minimum atomic E-state index is 0. The van der Waals surface area contributed by atoms with E-state index in [1.807, 2.05) is 0 Å². The van der Waals surface area contributed by atoms with E-state index in [9.17, 15) is 0 Å². The molecule has 0 aromatic carbocycles. The molecule has 0 nitrogen and oxygen atoms in total. The Kier molecular flexibility index (Phi) is 18.3. The van der Waals surface area contributed by atoms with Crippen LogP contribution in [-0.2, 0) is 15.0 Å². The fourth-order valence-electron chi connectivity index (χ4n) is 0.402. The van der Waals surface area contributed by atoms with Crippen LogP contribution in [0.25, 0.3) is 0 Å². The fourth-order valence-corrected chi connectivity index (χ4v) is 1.66. The predicted octanol–water partition coefficient (Wildman–Crippen LogP) is -3.27. The molecule has 0 rings (SSSR count). The molecule has 0 aromatic rings. The van der Waals surface area contributed by atoms with Crippen LogP contribution in [0.1, 0.15) is 27.7 Å². The number of hydrogen-bond acceptors (Lipinski definition) is 0. The summed E-state index contributed by atoms with van der Waals surface area (Å²) in [7, 11) is 0. The van der Waals surface area contributed by atoms with Crippen LogP contribution in [0, 0.1) is 0 Å². The molecule has 0 atom stereocenters. The van der Waals surface area contributed by atoms with E-state index in [1.54, 1.807) is 0 Å². The maximum Gasteiger partial charge on any atom is 1.00 e. The van der Waals surface area contributed by atoms with Crippen molar-refractivity contribution >= 4 is 0 Å². The first-order chi connectivity index (χ1) is 3.13. The van der Waals surface area contributed by atoms with E-state index >= 15 is 0 Å². The van der Waals surface area contributed by atoms with Gasteiger partial charge in [0.15, 0.2) is 0 Å². The summed E-state index contributed by atoms with van der Waals surface area (Å²) in [6.45, 7) is 8.89. The Balaban J connectivity index is -0.000000180. The average molecular weight is 164 g/mol. The van der Waals surface area contributed by atoms with Crippen LogP contribution in [0.5, 0.6) is 0 Å². The molecule has 0 saturated carbocycles. The molecule has 0 fully saturated rings. The Hall–Kier alpha value is 1.71. The zero-order valence-electron chi connectivity index (χ0n) is 7.46. The summed E-state index contributed by atoms with van der Waals surface area (Å²) >= 11 is 2.09. The first-order valence-electron chi connectivity index (χ1n) is 2.66. The molecule has 3 heteroatoms. The molecular weight excluding hydrogens is 149 g/mol. The van der Waals surface area contributed by atoms with Gasteiger partial charge in [0.1, 0.15) is 0 Å². The zero-order valence-corrected chi connectivity index (χ0v) is 8.40. The van der Waals surface area contributed by atoms with E-state index in [0.29, 0.717) is 0 Å². The molecule has 9 heavy (non-hydrogen) atoms. The topological polar surface area (TPSA) is 0 Å². The van der Waals surface area contributed by atoms with Gasteiger partial charge in [-0.1, -0.05) is 0 Å². The smallest absolute Gasteiger partial charge is 1.00 e. The second-order valence-corrected chi connectivity index (χ2v) is 4.44. The number of rotatable bonds is 2. The second kappa shape index (κ2) is 9.71. The van der Waals surface area contributed by atoms with E-state index in [4.69, 9.17) is 0 Å². The Bertz CT molecular complexity index is 40.3. The zero-order chi connectivity index (χ0) is 5.86. The average Bonchev–Trinajstić information content (AvgIpc) is 1.27. The molecule has 0 N–H and O–H groups in total. The van der Waals surface area contributed by atoms with Crippen LogP contribution in [-0.4, -0.2) is 0 Å². The summed E-state index contributed by atoms with van der Waals surface area (Å²) in [4.78, 5) is 1.56. The molecule has 0 saturated heterocycles. The van der Waals surface area contributed by atoms with Crippen LogP contribution >= 0.6 is 0 Å². The van der Waals surface area contributed by atoms with Crippen LogP contribution in [0.15, 0.2) is 0 Å². The third-order valence-corrected chi connectivity index (χ3v) is 1.66. The van der Waals surface area contributed by atoms with Gasteiger partial charge in [0.25, 0.3) is 0 Å². The van der Waals surface area contributed by atoms with Crippen molar-refractivity contribution in [2.75, 3.05) is 0 Å². The van der Waals surface area contributed by atoms with Crippen molar-refractivity contribution in [1.29, 1.82) is 0 Å². The largest absolute Gasteiger partial charge is 1.00 e. The first-order valence-corrected chi connectivity index (χ1v) is 3.74. The molecule has 0 amide bonds. The third-order valence-electron chi connectivity index (χ3n) is 0.402. The summed E-state index contributed by atoms with van der Waals surface area (Å²) in [5.41, 5.74) is 0. The van der Waals surface area contributed by atoms with E-state index in [-0.39, 0.29) is 37.7 Å². The van der Waals surface area contributed by atoms with Gasteiger partial charge in [-0.3, -0.25) is 0 Å². The maximum absolute atomic E-state index is 2.22. The maximum atomic E-state index is 2.22. The molecule has 0 heterocycles. The van der Waals surface area contributed by atoms with Gasteiger partial charge >= 0.3 is 90.0 Å². The van der Waals surface area contributed by atoms with Gasteiger partial charge in [-0.2, -0.15) is 0 Å². The van der Waals surface area contributed by atoms with Crippen molar-refractivity contribution < 1.29 is 52.7 Å². The second-order valence-electron chi connectivity index (χ2n) is 1.95. The van der Waals surface area contributed by atoms with Gasteiger partial charge in [0.2, 0.25) is 0 Å². The molecule has 0 aliphatic heterocycles. The molecule has 51 valence electrons. The Labute approximate surface area is 89.4 Å². The van der Waals surface area contributed by atoms with E-state index in [2.05, 4.69) is 42.7 Å². The SMILES string of the molecule is C[CH](C)[Cu-2][CH](C)C.[Li+].[Li+]. The van der Waals surface area contributed by atoms with Crippen molar-refractivity contribution in [1.82, 2.24) is 0 Å². The van der Waals surface area contributed by atoms with Crippen molar-refractivity contribution in [3.05, 3.63) is 0 Å². The van der Waals surface area contributed by atoms with Gasteiger partial charge in [0.05, 0.1) is 0 Å². The van der Waals surface area contributed by atoms with Gasteiger partial charge in [-0.15, -0.1) is 0 Å². The van der Waals surface area contributed by atoms with Crippen LogP contribution < -0.4 is 37.7 Å². The molecular formula is C6H14CuLi2. The summed E-state index contributed by atoms with van der Waals surface area (Å²) in [5, 5.41) is 0. The quantitative estimate of drug-likeness (QED) is 0.375. The van der Waals surface area contributed by atoms with Crippen LogP contribution in [0.2, 0.25) is 9.63 Å². The summed E-state index contributed by atoms with van der Waals surface area (Å²) in [6.07, 6.45) is 0. The normalized spacial score (nSPS) is 9.11. The Morgan fingerprint density at radius 2 is 1.00 bits per heavy atom. The van der Waals surface area contributed by atoms with Gasteiger partial charge in [-0.25, -0.2) is 0 Å². The van der Waals surface area contributed by atoms with Gasteiger partial charge < -0.3 is 0 Å². The third kappa shape index (κ3) is 17.7. The fraction of sp³-hybridized carbons (Fsp3) is 1.00. The van der Waals surface area contributed by atoms with Crippen LogP contribution in [0.4, 0.5) is 0 Å². The summed E-state index contributed by atoms with van der Waals surface area (Å²) in [5.74, 6) is 0. The van der Waals surface area contributed by atoms with Crippen molar-refractivity contribution in [3.8, 4) is 0 Å². The molecule has 0 aliphatic carbocycles. The summed E-state index contributed by atoms with van der Waals surface area (Å²) < 4.78 is 0. The van der Waals surface area contributed by atoms with Crippen molar-refractivity contribution in [2.24, 2.45) is 0 Å². The molecule has 0 spiro atoms. The molecule has 0 aromatic heterocycles. The number of hydrogen-bond donors (Lipinski definition) is 0. The minimum absolute atomic E-state index is 0. The van der Waals surface area contributed by atoms with Gasteiger partial charge in [-0.05, 0) is 0 Å². The van der Waals surface area contributed by atoms with E-state index in [1.165, 1.54) is 0 Å². The Morgan fingerprint density at radius 3 is 1.00 bits per heavy atom. The molecule has 0 unspecified atom stereocenters. The molecule has 0 bridgehead atoms. The first kappa shape index (κ1) is 17.0. The molecule has 0 radical (unpaired) electrons. The van der Waals surface area contributed by atoms with Crippen molar-refractivity contribution in [2.45, 2.75) is 37.3 Å². The Morgan fingerprint density at radius 1 is 0.778 bits per heavy atom. The summed E-state index contributed by atoms with van der Waals surface area (Å²) in [6, 6.07) is 0. The predicted molar refractivity (Wildman–Crippen MR) is 30.2 cm³/mol. The molecule has 0 aliphatic rings. The van der Waals surface area contributed by atoms with Crippen molar-refractivity contribution in [3.63, 3.8) is 0 Å². The van der Waals surface area contributed by atoms with E-state index in [0.717, 1.165) is 9.63 Å². The monoisotopic (exact) mass is 163 g/mol. The van der Waals surface area contributed by atoms with Gasteiger partial charge in [0, 0.05) is 0 Å². The van der Waals surface area contributed by atoms with Crippen LogP contribution in [0.3, 0.4) is 0 Å². The standard InChI is InChI=1S/2C3H7.Cu.2Li/c2*1-3-2;;;/h2*3H,1-2H3;;;/q;;-2;2*+1. The van der Waals surface area contributed by atoms with E-state index < -0.39 is 0 Å². The minimum Gasteiger partial charge on any atom is 1.00 e.